The molecule has 4 heteroatoms. The zero-order valence-electron chi connectivity index (χ0n) is 8.22. The minimum absolute atomic E-state index is 0.512. The molecule has 0 amide bonds. The van der Waals surface area contributed by atoms with E-state index in [1.54, 1.807) is 17.5 Å². The first-order valence-electron chi connectivity index (χ1n) is 4.68. The molecular weight excluding hydrogens is 208 g/mol. The number of pyridine rings is 1. The molecule has 0 unspecified atom stereocenters. The van der Waals surface area contributed by atoms with Crippen LogP contribution in [0, 0.1) is 0 Å². The van der Waals surface area contributed by atoms with Gasteiger partial charge in [0.15, 0.2) is 0 Å². The van der Waals surface area contributed by atoms with Gasteiger partial charge < -0.3 is 10.5 Å². The third-order valence-corrected chi connectivity index (χ3v) is 2.83. The Bertz CT molecular complexity index is 397. The van der Waals surface area contributed by atoms with Gasteiger partial charge >= 0.3 is 0 Å². The van der Waals surface area contributed by atoms with E-state index in [0.29, 0.717) is 19.0 Å². The Kier molecular flexibility index (Phi) is 3.32. The number of hydrogen-bond donors (Lipinski definition) is 1. The summed E-state index contributed by atoms with van der Waals surface area (Å²) in [7, 11) is 0. The lowest BCUT2D eigenvalue weighted by Gasteiger charge is -2.03. The van der Waals surface area contributed by atoms with Gasteiger partial charge in [-0.3, -0.25) is 0 Å². The summed E-state index contributed by atoms with van der Waals surface area (Å²) in [5, 5.41) is 2.03. The van der Waals surface area contributed by atoms with Crippen molar-refractivity contribution in [2.75, 3.05) is 0 Å². The van der Waals surface area contributed by atoms with Gasteiger partial charge in [-0.15, -0.1) is 11.3 Å². The molecule has 0 spiro atoms. The Morgan fingerprint density at radius 3 is 2.87 bits per heavy atom. The van der Waals surface area contributed by atoms with Crippen LogP contribution in [0.3, 0.4) is 0 Å². The van der Waals surface area contributed by atoms with Crippen LogP contribution in [0.5, 0.6) is 5.88 Å². The highest BCUT2D eigenvalue weighted by Crippen LogP contribution is 2.13. The monoisotopic (exact) mass is 220 g/mol. The Morgan fingerprint density at radius 2 is 2.27 bits per heavy atom. The summed E-state index contributed by atoms with van der Waals surface area (Å²) in [5.74, 6) is 0.639. The summed E-state index contributed by atoms with van der Waals surface area (Å²) in [5.41, 5.74) is 6.48. The molecule has 0 radical (unpaired) electrons. The molecule has 0 fully saturated rings. The zero-order valence-corrected chi connectivity index (χ0v) is 9.04. The van der Waals surface area contributed by atoms with Gasteiger partial charge in [0.2, 0.25) is 5.88 Å². The fraction of sp³-hybridized carbons (Fsp3) is 0.182. The number of rotatable bonds is 4. The van der Waals surface area contributed by atoms with Crippen molar-refractivity contribution >= 4 is 11.3 Å². The number of thiophene rings is 1. The standard InChI is InChI=1S/C11H12N2OS/c12-6-9-3-4-11(13-7-9)14-8-10-2-1-5-15-10/h1-5,7H,6,8,12H2. The number of ether oxygens (including phenoxy) is 1. The Morgan fingerprint density at radius 1 is 1.33 bits per heavy atom. The van der Waals surface area contributed by atoms with Gasteiger partial charge in [-0.2, -0.15) is 0 Å². The van der Waals surface area contributed by atoms with Crippen molar-refractivity contribution in [3.05, 3.63) is 46.3 Å². The molecular formula is C11H12N2OS. The summed E-state index contributed by atoms with van der Waals surface area (Å²) >= 11 is 1.68. The molecule has 78 valence electrons. The Hall–Kier alpha value is -1.39. The normalized spacial score (nSPS) is 10.2. The molecule has 2 N–H and O–H groups in total. The predicted molar refractivity (Wildman–Crippen MR) is 60.8 cm³/mol. The van der Waals surface area contributed by atoms with E-state index in [0.717, 1.165) is 5.56 Å². The van der Waals surface area contributed by atoms with Gasteiger partial charge in [0.05, 0.1) is 0 Å². The summed E-state index contributed by atoms with van der Waals surface area (Å²) in [6, 6.07) is 7.82. The Labute approximate surface area is 92.5 Å². The maximum atomic E-state index is 5.51. The second kappa shape index (κ2) is 4.91. The lowest BCUT2D eigenvalue weighted by Crippen LogP contribution is -1.99. The van der Waals surface area contributed by atoms with E-state index < -0.39 is 0 Å². The average Bonchev–Trinajstić information content (AvgIpc) is 2.80. The van der Waals surface area contributed by atoms with E-state index in [9.17, 15) is 0 Å². The first-order valence-corrected chi connectivity index (χ1v) is 5.56. The molecule has 0 aliphatic carbocycles. The van der Waals surface area contributed by atoms with Crippen LogP contribution in [0.25, 0.3) is 0 Å². The second-order valence-electron chi connectivity index (χ2n) is 3.08. The third kappa shape index (κ3) is 2.78. The minimum Gasteiger partial charge on any atom is -0.472 e. The molecule has 0 atom stereocenters. The maximum absolute atomic E-state index is 5.51. The highest BCUT2D eigenvalue weighted by atomic mass is 32.1. The molecule has 15 heavy (non-hydrogen) atoms. The van der Waals surface area contributed by atoms with Gasteiger partial charge in [-0.25, -0.2) is 4.98 Å². The van der Waals surface area contributed by atoms with Crippen LogP contribution < -0.4 is 10.5 Å². The van der Waals surface area contributed by atoms with Crippen molar-refractivity contribution in [2.24, 2.45) is 5.73 Å². The van der Waals surface area contributed by atoms with E-state index in [-0.39, 0.29) is 0 Å². The fourth-order valence-corrected chi connectivity index (χ4v) is 1.77. The molecule has 3 nitrogen and oxygen atoms in total. The molecule has 0 aliphatic rings. The molecule has 2 rings (SSSR count). The average molecular weight is 220 g/mol. The SMILES string of the molecule is NCc1ccc(OCc2cccs2)nc1. The first-order chi connectivity index (χ1) is 7.38. The molecule has 0 aromatic carbocycles. The number of nitrogens with zero attached hydrogens (tertiary/aromatic N) is 1. The van der Waals surface area contributed by atoms with E-state index in [4.69, 9.17) is 10.5 Å². The van der Waals surface area contributed by atoms with Gasteiger partial charge in [0, 0.05) is 23.7 Å². The number of hydrogen-bond acceptors (Lipinski definition) is 4. The number of aromatic nitrogens is 1. The molecule has 2 aromatic rings. The van der Waals surface area contributed by atoms with Crippen molar-refractivity contribution in [2.45, 2.75) is 13.2 Å². The van der Waals surface area contributed by atoms with Crippen molar-refractivity contribution in [1.29, 1.82) is 0 Å². The molecule has 2 heterocycles. The van der Waals surface area contributed by atoms with Crippen LogP contribution in [0.2, 0.25) is 0 Å². The van der Waals surface area contributed by atoms with Gasteiger partial charge in [-0.1, -0.05) is 12.1 Å². The molecule has 0 bridgehead atoms. The minimum atomic E-state index is 0.512. The summed E-state index contributed by atoms with van der Waals surface area (Å²) < 4.78 is 5.51. The third-order valence-electron chi connectivity index (χ3n) is 1.98. The van der Waals surface area contributed by atoms with Gasteiger partial charge in [0.1, 0.15) is 6.61 Å². The molecule has 0 saturated heterocycles. The van der Waals surface area contributed by atoms with E-state index >= 15 is 0 Å². The van der Waals surface area contributed by atoms with Crippen LogP contribution >= 0.6 is 11.3 Å². The van der Waals surface area contributed by atoms with Crippen LogP contribution in [-0.4, -0.2) is 4.98 Å². The van der Waals surface area contributed by atoms with Crippen LogP contribution in [0.15, 0.2) is 35.8 Å². The van der Waals surface area contributed by atoms with Crippen LogP contribution in [-0.2, 0) is 13.2 Å². The van der Waals surface area contributed by atoms with Gasteiger partial charge in [0.25, 0.3) is 0 Å². The zero-order chi connectivity index (χ0) is 10.5. The highest BCUT2D eigenvalue weighted by Gasteiger charge is 1.97. The largest absolute Gasteiger partial charge is 0.472 e. The van der Waals surface area contributed by atoms with Gasteiger partial charge in [-0.05, 0) is 17.0 Å². The lowest BCUT2D eigenvalue weighted by molar-refractivity contribution is 0.297. The lowest BCUT2D eigenvalue weighted by atomic mass is 10.3. The predicted octanol–water partition coefficient (Wildman–Crippen LogP) is 2.18. The molecule has 2 aromatic heterocycles. The highest BCUT2D eigenvalue weighted by molar-refractivity contribution is 7.09. The summed E-state index contributed by atoms with van der Waals surface area (Å²) in [6.45, 7) is 1.09. The van der Waals surface area contributed by atoms with E-state index in [1.807, 2.05) is 29.6 Å². The van der Waals surface area contributed by atoms with Crippen molar-refractivity contribution in [1.82, 2.24) is 4.98 Å². The Balaban J connectivity index is 1.93. The van der Waals surface area contributed by atoms with Crippen LogP contribution in [0.1, 0.15) is 10.4 Å². The fourth-order valence-electron chi connectivity index (χ4n) is 1.16. The summed E-state index contributed by atoms with van der Waals surface area (Å²) in [4.78, 5) is 5.35. The van der Waals surface area contributed by atoms with Crippen molar-refractivity contribution in [3.8, 4) is 5.88 Å². The quantitative estimate of drug-likeness (QED) is 0.859. The van der Waals surface area contributed by atoms with E-state index in [2.05, 4.69) is 4.98 Å². The van der Waals surface area contributed by atoms with Crippen LogP contribution in [0.4, 0.5) is 0 Å². The van der Waals surface area contributed by atoms with E-state index in [1.165, 1.54) is 4.88 Å². The topological polar surface area (TPSA) is 48.1 Å². The first kappa shape index (κ1) is 10.1. The van der Waals surface area contributed by atoms with Crippen molar-refractivity contribution in [3.63, 3.8) is 0 Å². The smallest absolute Gasteiger partial charge is 0.213 e. The number of nitrogens with two attached hydrogens (primary N) is 1. The van der Waals surface area contributed by atoms with Crippen molar-refractivity contribution < 1.29 is 4.74 Å². The maximum Gasteiger partial charge on any atom is 0.213 e. The molecule has 0 saturated carbocycles. The molecule has 0 aliphatic heterocycles. The second-order valence-corrected chi connectivity index (χ2v) is 4.11. The summed E-state index contributed by atoms with van der Waals surface area (Å²) in [6.07, 6.45) is 1.74.